The van der Waals surface area contributed by atoms with E-state index in [1.54, 1.807) is 0 Å². The van der Waals surface area contributed by atoms with Crippen LogP contribution in [0.5, 0.6) is 0 Å². The van der Waals surface area contributed by atoms with Gasteiger partial charge in [0, 0.05) is 19.1 Å². The number of ether oxygens (including phenoxy) is 1. The molecule has 1 fully saturated rings. The van der Waals surface area contributed by atoms with E-state index < -0.39 is 0 Å². The van der Waals surface area contributed by atoms with Crippen LogP contribution in [-0.2, 0) is 11.3 Å². The standard InChI is InChI=1S/C16H25ClN2O/c1-4-7-18-9-14-5-6-16(15(17)8-14)19-10-13(3)20-11-12(19)2/h5-6,8,12-13,18H,4,7,9-11H2,1-3H3. The Morgan fingerprint density at radius 1 is 1.40 bits per heavy atom. The molecule has 0 bridgehead atoms. The summed E-state index contributed by atoms with van der Waals surface area (Å²) in [5, 5.41) is 4.24. The molecule has 0 aromatic heterocycles. The molecule has 2 atom stereocenters. The summed E-state index contributed by atoms with van der Waals surface area (Å²) in [4.78, 5) is 2.35. The summed E-state index contributed by atoms with van der Waals surface area (Å²) in [7, 11) is 0. The van der Waals surface area contributed by atoms with Crippen molar-refractivity contribution < 1.29 is 4.74 Å². The number of anilines is 1. The van der Waals surface area contributed by atoms with Crippen LogP contribution in [0.15, 0.2) is 18.2 Å². The molecule has 2 unspecified atom stereocenters. The quantitative estimate of drug-likeness (QED) is 0.842. The molecule has 3 nitrogen and oxygen atoms in total. The van der Waals surface area contributed by atoms with Crippen molar-refractivity contribution in [2.75, 3.05) is 24.6 Å². The van der Waals surface area contributed by atoms with Crippen LogP contribution in [0.4, 0.5) is 5.69 Å². The van der Waals surface area contributed by atoms with E-state index in [2.05, 4.69) is 49.2 Å². The maximum atomic E-state index is 6.48. The fourth-order valence-corrected chi connectivity index (χ4v) is 2.85. The minimum absolute atomic E-state index is 0.258. The van der Waals surface area contributed by atoms with E-state index >= 15 is 0 Å². The lowest BCUT2D eigenvalue weighted by Crippen LogP contribution is -2.47. The molecule has 0 spiro atoms. The molecule has 1 aromatic carbocycles. The van der Waals surface area contributed by atoms with Crippen molar-refractivity contribution in [3.05, 3.63) is 28.8 Å². The maximum absolute atomic E-state index is 6.48. The van der Waals surface area contributed by atoms with Gasteiger partial charge < -0.3 is 15.0 Å². The summed E-state index contributed by atoms with van der Waals surface area (Å²) in [6.45, 7) is 10.0. The van der Waals surface area contributed by atoms with Gasteiger partial charge in [-0.3, -0.25) is 0 Å². The Balaban J connectivity index is 2.08. The average molecular weight is 297 g/mol. The average Bonchev–Trinajstić information content (AvgIpc) is 2.42. The van der Waals surface area contributed by atoms with E-state index in [0.717, 1.165) is 43.4 Å². The highest BCUT2D eigenvalue weighted by Crippen LogP contribution is 2.30. The Hall–Kier alpha value is -0.770. The minimum atomic E-state index is 0.258. The molecule has 1 heterocycles. The third-order valence-corrected chi connectivity index (χ3v) is 3.99. The molecule has 2 rings (SSSR count). The van der Waals surface area contributed by atoms with Crippen LogP contribution in [-0.4, -0.2) is 31.8 Å². The summed E-state index contributed by atoms with van der Waals surface area (Å²) in [5.41, 5.74) is 2.36. The fourth-order valence-electron chi connectivity index (χ4n) is 2.54. The number of hydrogen-bond acceptors (Lipinski definition) is 3. The van der Waals surface area contributed by atoms with Gasteiger partial charge in [0.1, 0.15) is 0 Å². The van der Waals surface area contributed by atoms with E-state index in [1.165, 1.54) is 5.56 Å². The van der Waals surface area contributed by atoms with Gasteiger partial charge in [0.25, 0.3) is 0 Å². The Morgan fingerprint density at radius 3 is 2.90 bits per heavy atom. The molecule has 1 N–H and O–H groups in total. The molecule has 112 valence electrons. The third-order valence-electron chi connectivity index (χ3n) is 3.69. The second kappa shape index (κ2) is 7.30. The lowest BCUT2D eigenvalue weighted by atomic mass is 10.1. The monoisotopic (exact) mass is 296 g/mol. The number of hydrogen-bond donors (Lipinski definition) is 1. The largest absolute Gasteiger partial charge is 0.375 e. The zero-order valence-electron chi connectivity index (χ0n) is 12.7. The Bertz CT molecular complexity index is 438. The first-order valence-electron chi connectivity index (χ1n) is 7.49. The molecule has 1 aromatic rings. The normalized spacial score (nSPS) is 23.1. The van der Waals surface area contributed by atoms with E-state index in [-0.39, 0.29) is 6.10 Å². The lowest BCUT2D eigenvalue weighted by Gasteiger charge is -2.39. The highest BCUT2D eigenvalue weighted by atomic mass is 35.5. The molecule has 0 saturated carbocycles. The van der Waals surface area contributed by atoms with Gasteiger partial charge in [-0.1, -0.05) is 24.6 Å². The SMILES string of the molecule is CCCNCc1ccc(N2CC(C)OCC2C)c(Cl)c1. The number of halogens is 1. The second-order valence-corrected chi connectivity index (χ2v) is 6.02. The van der Waals surface area contributed by atoms with Crippen LogP contribution in [0.2, 0.25) is 5.02 Å². The number of benzene rings is 1. The first-order valence-corrected chi connectivity index (χ1v) is 7.87. The summed E-state index contributed by atoms with van der Waals surface area (Å²) in [6, 6.07) is 6.75. The van der Waals surface area contributed by atoms with Crippen molar-refractivity contribution in [2.24, 2.45) is 0 Å². The first-order chi connectivity index (χ1) is 9.61. The predicted molar refractivity (Wildman–Crippen MR) is 85.7 cm³/mol. The summed E-state index contributed by atoms with van der Waals surface area (Å²) < 4.78 is 5.68. The molecule has 1 aliphatic rings. The summed E-state index contributed by atoms with van der Waals surface area (Å²) >= 11 is 6.48. The highest BCUT2D eigenvalue weighted by molar-refractivity contribution is 6.33. The van der Waals surface area contributed by atoms with Crippen LogP contribution >= 0.6 is 11.6 Å². The Kier molecular flexibility index (Phi) is 5.70. The zero-order valence-corrected chi connectivity index (χ0v) is 13.4. The number of nitrogens with one attached hydrogen (secondary N) is 1. The molecule has 4 heteroatoms. The number of morpholine rings is 1. The third kappa shape index (κ3) is 3.87. The zero-order chi connectivity index (χ0) is 14.5. The van der Waals surface area contributed by atoms with Crippen molar-refractivity contribution in [3.63, 3.8) is 0 Å². The van der Waals surface area contributed by atoms with Crippen LogP contribution in [0, 0.1) is 0 Å². The molecule has 1 aliphatic heterocycles. The van der Waals surface area contributed by atoms with Gasteiger partial charge in [0.2, 0.25) is 0 Å². The van der Waals surface area contributed by atoms with Crippen molar-refractivity contribution in [3.8, 4) is 0 Å². The number of rotatable bonds is 5. The molecule has 0 aliphatic carbocycles. The second-order valence-electron chi connectivity index (χ2n) is 5.61. The van der Waals surface area contributed by atoms with Crippen molar-refractivity contribution in [1.29, 1.82) is 0 Å². The molecule has 0 radical (unpaired) electrons. The predicted octanol–water partition coefficient (Wildman–Crippen LogP) is 3.45. The van der Waals surface area contributed by atoms with Crippen molar-refractivity contribution in [1.82, 2.24) is 5.32 Å². The van der Waals surface area contributed by atoms with Gasteiger partial charge in [0.05, 0.1) is 23.4 Å². The minimum Gasteiger partial charge on any atom is -0.375 e. The smallest absolute Gasteiger partial charge is 0.0723 e. The number of nitrogens with zero attached hydrogens (tertiary/aromatic N) is 1. The van der Waals surface area contributed by atoms with Gasteiger partial charge in [0.15, 0.2) is 0 Å². The summed E-state index contributed by atoms with van der Waals surface area (Å²) in [5.74, 6) is 0. The lowest BCUT2D eigenvalue weighted by molar-refractivity contribution is 0.0344. The molecular weight excluding hydrogens is 272 g/mol. The van der Waals surface area contributed by atoms with Crippen LogP contribution in [0.3, 0.4) is 0 Å². The van der Waals surface area contributed by atoms with E-state index in [9.17, 15) is 0 Å². The van der Waals surface area contributed by atoms with E-state index in [1.807, 2.05) is 0 Å². The van der Waals surface area contributed by atoms with Gasteiger partial charge in [-0.2, -0.15) is 0 Å². The fraction of sp³-hybridized carbons (Fsp3) is 0.625. The topological polar surface area (TPSA) is 24.5 Å². The highest BCUT2D eigenvalue weighted by Gasteiger charge is 2.25. The first kappa shape index (κ1) is 15.6. The van der Waals surface area contributed by atoms with Gasteiger partial charge in [-0.05, 0) is 44.5 Å². The van der Waals surface area contributed by atoms with Crippen molar-refractivity contribution in [2.45, 2.75) is 45.9 Å². The Labute approximate surface area is 127 Å². The van der Waals surface area contributed by atoms with Crippen LogP contribution in [0.1, 0.15) is 32.8 Å². The van der Waals surface area contributed by atoms with Gasteiger partial charge in [-0.25, -0.2) is 0 Å². The van der Waals surface area contributed by atoms with Crippen molar-refractivity contribution >= 4 is 17.3 Å². The van der Waals surface area contributed by atoms with Gasteiger partial charge in [-0.15, -0.1) is 0 Å². The molecule has 20 heavy (non-hydrogen) atoms. The molecule has 1 saturated heterocycles. The van der Waals surface area contributed by atoms with Crippen LogP contribution in [0.25, 0.3) is 0 Å². The summed E-state index contributed by atoms with van der Waals surface area (Å²) in [6.07, 6.45) is 1.41. The van der Waals surface area contributed by atoms with E-state index in [4.69, 9.17) is 16.3 Å². The maximum Gasteiger partial charge on any atom is 0.0723 e. The Morgan fingerprint density at radius 2 is 2.20 bits per heavy atom. The van der Waals surface area contributed by atoms with Gasteiger partial charge >= 0.3 is 0 Å². The molecular formula is C16H25ClN2O. The molecule has 0 amide bonds. The van der Waals surface area contributed by atoms with Crippen LogP contribution < -0.4 is 10.2 Å². The van der Waals surface area contributed by atoms with E-state index in [0.29, 0.717) is 6.04 Å².